The predicted molar refractivity (Wildman–Crippen MR) is 91.8 cm³/mol. The Morgan fingerprint density at radius 1 is 1.46 bits per heavy atom. The Kier molecular flexibility index (Phi) is 5.27. The molecule has 1 saturated heterocycles. The highest BCUT2D eigenvalue weighted by molar-refractivity contribution is 5.91. The van der Waals surface area contributed by atoms with Crippen LogP contribution in [0.3, 0.4) is 0 Å². The number of anilines is 1. The second-order valence-corrected chi connectivity index (χ2v) is 6.05. The van der Waals surface area contributed by atoms with Crippen molar-refractivity contribution in [2.45, 2.75) is 25.9 Å². The van der Waals surface area contributed by atoms with Gasteiger partial charge in [0.25, 0.3) is 5.91 Å². The molecule has 0 bridgehead atoms. The van der Waals surface area contributed by atoms with E-state index in [0.29, 0.717) is 12.4 Å². The number of benzene rings is 1. The van der Waals surface area contributed by atoms with Crippen molar-refractivity contribution >= 4 is 11.7 Å². The van der Waals surface area contributed by atoms with Crippen LogP contribution in [0.5, 0.6) is 0 Å². The second kappa shape index (κ2) is 7.59. The Balaban J connectivity index is 1.57. The summed E-state index contributed by atoms with van der Waals surface area (Å²) in [7, 11) is 1.81. The van der Waals surface area contributed by atoms with E-state index in [0.717, 1.165) is 36.3 Å². The quantitative estimate of drug-likeness (QED) is 0.884. The number of aromatic nitrogens is 2. The molecule has 24 heavy (non-hydrogen) atoms. The first kappa shape index (κ1) is 16.7. The van der Waals surface area contributed by atoms with Crippen molar-refractivity contribution < 1.29 is 14.3 Å². The largest absolute Gasteiger partial charge is 0.376 e. The molecule has 6 nitrogen and oxygen atoms in total. The number of hydrogen-bond acceptors (Lipinski definition) is 4. The monoisotopic (exact) mass is 329 g/mol. The zero-order valence-electron chi connectivity index (χ0n) is 14.1. The lowest BCUT2D eigenvalue weighted by atomic mass is 10.1. The summed E-state index contributed by atoms with van der Waals surface area (Å²) in [6, 6.07) is 9.92. The fraction of sp³-hybridized carbons (Fsp3) is 0.444. The molecule has 1 aliphatic rings. The van der Waals surface area contributed by atoms with Crippen molar-refractivity contribution in [3.05, 3.63) is 35.9 Å². The number of nitrogens with one attached hydrogen (secondary N) is 1. The van der Waals surface area contributed by atoms with E-state index in [-0.39, 0.29) is 18.6 Å². The molecule has 0 spiro atoms. The lowest BCUT2D eigenvalue weighted by Crippen LogP contribution is -2.23. The Morgan fingerprint density at radius 3 is 3.04 bits per heavy atom. The second-order valence-electron chi connectivity index (χ2n) is 6.05. The molecule has 0 radical (unpaired) electrons. The number of rotatable bonds is 6. The Hall–Kier alpha value is -2.18. The Labute approximate surface area is 141 Å². The zero-order chi connectivity index (χ0) is 16.9. The number of nitrogens with zero attached hydrogens (tertiary/aromatic N) is 2. The van der Waals surface area contributed by atoms with Crippen LogP contribution < -0.4 is 5.32 Å². The molecule has 1 N–H and O–H groups in total. The molecule has 1 aromatic heterocycles. The van der Waals surface area contributed by atoms with Crippen molar-refractivity contribution in [2.24, 2.45) is 7.05 Å². The summed E-state index contributed by atoms with van der Waals surface area (Å²) in [5, 5.41) is 7.32. The lowest BCUT2D eigenvalue weighted by molar-refractivity contribution is -0.121. The number of ether oxygens (including phenoxy) is 2. The summed E-state index contributed by atoms with van der Waals surface area (Å²) in [6.07, 6.45) is 2.20. The first-order valence-corrected chi connectivity index (χ1v) is 8.23. The molecule has 2 heterocycles. The van der Waals surface area contributed by atoms with Crippen molar-refractivity contribution in [1.82, 2.24) is 9.78 Å². The van der Waals surface area contributed by atoms with Gasteiger partial charge >= 0.3 is 0 Å². The number of hydrogen-bond donors (Lipinski definition) is 1. The SMILES string of the molecule is Cc1ccccc1-c1cc(NC(=O)COCC2CCCO2)n(C)n1. The van der Waals surface area contributed by atoms with Crippen LogP contribution in [0.25, 0.3) is 11.3 Å². The van der Waals surface area contributed by atoms with E-state index in [4.69, 9.17) is 9.47 Å². The van der Waals surface area contributed by atoms with Gasteiger partial charge in [0.05, 0.1) is 18.4 Å². The van der Waals surface area contributed by atoms with Crippen LogP contribution in [0.4, 0.5) is 5.82 Å². The molecule has 1 aliphatic heterocycles. The molecule has 128 valence electrons. The molecule has 1 fully saturated rings. The lowest BCUT2D eigenvalue weighted by Gasteiger charge is -2.10. The molecule has 1 atom stereocenters. The average Bonchev–Trinajstić information content (AvgIpc) is 3.18. The molecule has 1 aromatic carbocycles. The van der Waals surface area contributed by atoms with Gasteiger partial charge in [-0.2, -0.15) is 5.10 Å². The van der Waals surface area contributed by atoms with E-state index in [2.05, 4.69) is 10.4 Å². The maximum absolute atomic E-state index is 12.0. The summed E-state index contributed by atoms with van der Waals surface area (Å²) < 4.78 is 12.6. The summed E-state index contributed by atoms with van der Waals surface area (Å²) in [5.74, 6) is 0.464. The third kappa shape index (κ3) is 4.01. The van der Waals surface area contributed by atoms with Crippen LogP contribution >= 0.6 is 0 Å². The van der Waals surface area contributed by atoms with Gasteiger partial charge in [-0.15, -0.1) is 0 Å². The molecule has 1 unspecified atom stereocenters. The fourth-order valence-electron chi connectivity index (χ4n) is 2.81. The van der Waals surface area contributed by atoms with E-state index >= 15 is 0 Å². The number of amides is 1. The van der Waals surface area contributed by atoms with Gasteiger partial charge in [-0.05, 0) is 25.3 Å². The molecular weight excluding hydrogens is 306 g/mol. The number of carbonyl (C=O) groups excluding carboxylic acids is 1. The minimum absolute atomic E-state index is 0.0186. The molecule has 0 saturated carbocycles. The van der Waals surface area contributed by atoms with Crippen LogP contribution in [-0.2, 0) is 21.3 Å². The van der Waals surface area contributed by atoms with Gasteiger partial charge in [-0.1, -0.05) is 24.3 Å². The van der Waals surface area contributed by atoms with Crippen molar-refractivity contribution in [3.8, 4) is 11.3 Å². The van der Waals surface area contributed by atoms with Crippen LogP contribution in [0.2, 0.25) is 0 Å². The highest BCUT2D eigenvalue weighted by atomic mass is 16.5. The number of aryl methyl sites for hydroxylation is 2. The van der Waals surface area contributed by atoms with E-state index in [1.165, 1.54) is 0 Å². The molecular formula is C18H23N3O3. The zero-order valence-corrected chi connectivity index (χ0v) is 14.1. The van der Waals surface area contributed by atoms with E-state index in [1.807, 2.05) is 44.3 Å². The van der Waals surface area contributed by atoms with Gasteiger partial charge in [-0.3, -0.25) is 9.48 Å². The van der Waals surface area contributed by atoms with Crippen LogP contribution in [0, 0.1) is 6.92 Å². The van der Waals surface area contributed by atoms with E-state index in [9.17, 15) is 4.79 Å². The molecule has 6 heteroatoms. The van der Waals surface area contributed by atoms with Crippen molar-refractivity contribution in [3.63, 3.8) is 0 Å². The summed E-state index contributed by atoms with van der Waals surface area (Å²) >= 11 is 0. The van der Waals surface area contributed by atoms with Gasteiger partial charge in [0.15, 0.2) is 0 Å². The third-order valence-corrected chi connectivity index (χ3v) is 4.13. The maximum Gasteiger partial charge on any atom is 0.251 e. The van der Waals surface area contributed by atoms with Crippen molar-refractivity contribution in [1.29, 1.82) is 0 Å². The van der Waals surface area contributed by atoms with Crippen molar-refractivity contribution in [2.75, 3.05) is 25.1 Å². The normalized spacial score (nSPS) is 17.2. The smallest absolute Gasteiger partial charge is 0.251 e. The first-order chi connectivity index (χ1) is 11.6. The predicted octanol–water partition coefficient (Wildman–Crippen LogP) is 2.53. The van der Waals surface area contributed by atoms with Gasteiger partial charge in [0, 0.05) is 25.3 Å². The number of carbonyl (C=O) groups is 1. The van der Waals surface area contributed by atoms with Crippen LogP contribution in [0.1, 0.15) is 18.4 Å². The third-order valence-electron chi connectivity index (χ3n) is 4.13. The topological polar surface area (TPSA) is 65.4 Å². The first-order valence-electron chi connectivity index (χ1n) is 8.23. The minimum Gasteiger partial charge on any atom is -0.376 e. The standard InChI is InChI=1S/C18H23N3O3/c1-13-6-3-4-8-15(13)16-10-17(21(2)20-16)19-18(22)12-23-11-14-7-5-9-24-14/h3-4,6,8,10,14H,5,7,9,11-12H2,1-2H3,(H,19,22). The highest BCUT2D eigenvalue weighted by Gasteiger charge is 2.16. The summed E-state index contributed by atoms with van der Waals surface area (Å²) in [4.78, 5) is 12.0. The Morgan fingerprint density at radius 2 is 2.29 bits per heavy atom. The van der Waals surface area contributed by atoms with Crippen LogP contribution in [0.15, 0.2) is 30.3 Å². The summed E-state index contributed by atoms with van der Waals surface area (Å²) in [6.45, 7) is 3.32. The van der Waals surface area contributed by atoms with E-state index in [1.54, 1.807) is 4.68 Å². The van der Waals surface area contributed by atoms with Gasteiger partial charge in [0.1, 0.15) is 12.4 Å². The van der Waals surface area contributed by atoms with Gasteiger partial charge < -0.3 is 14.8 Å². The van der Waals surface area contributed by atoms with Gasteiger partial charge in [0.2, 0.25) is 0 Å². The molecule has 0 aliphatic carbocycles. The average molecular weight is 329 g/mol. The molecule has 2 aromatic rings. The molecule has 1 amide bonds. The maximum atomic E-state index is 12.0. The van der Waals surface area contributed by atoms with Crippen LogP contribution in [-0.4, -0.2) is 41.6 Å². The molecule has 3 rings (SSSR count). The summed E-state index contributed by atoms with van der Waals surface area (Å²) in [5.41, 5.74) is 3.04. The highest BCUT2D eigenvalue weighted by Crippen LogP contribution is 2.24. The van der Waals surface area contributed by atoms with E-state index < -0.39 is 0 Å². The Bertz CT molecular complexity index is 705. The fourth-order valence-corrected chi connectivity index (χ4v) is 2.81. The van der Waals surface area contributed by atoms with Gasteiger partial charge in [-0.25, -0.2) is 0 Å². The minimum atomic E-state index is -0.188.